The molecule has 0 bridgehead atoms. The van der Waals surface area contributed by atoms with Gasteiger partial charge in [-0.1, -0.05) is 44.2 Å². The number of hydrogen-bond acceptors (Lipinski definition) is 6. The number of pyridine rings is 1. The van der Waals surface area contributed by atoms with Crippen LogP contribution >= 0.6 is 0 Å². The van der Waals surface area contributed by atoms with Crippen LogP contribution in [0.25, 0.3) is 0 Å². The summed E-state index contributed by atoms with van der Waals surface area (Å²) in [6.07, 6.45) is 3.22. The van der Waals surface area contributed by atoms with Crippen molar-refractivity contribution in [3.8, 4) is 0 Å². The van der Waals surface area contributed by atoms with Crippen LogP contribution < -0.4 is 5.73 Å². The van der Waals surface area contributed by atoms with E-state index in [1.807, 2.05) is 49.1 Å². The van der Waals surface area contributed by atoms with E-state index in [1.165, 1.54) is 0 Å². The first kappa shape index (κ1) is 23.9. The average molecular weight is 361 g/mol. The first-order chi connectivity index (χ1) is 12.7. The van der Waals surface area contributed by atoms with Crippen molar-refractivity contribution in [1.29, 1.82) is 0 Å². The largest absolute Gasteiger partial charge is 0.395 e. The fourth-order valence-electron chi connectivity index (χ4n) is 2.02. The highest BCUT2D eigenvalue weighted by molar-refractivity contribution is 5.97. The number of aliphatic hydroxyl groups is 2. The Kier molecular flexibility index (Phi) is 15.0. The maximum Gasteiger partial charge on any atom is 0.178 e. The summed E-state index contributed by atoms with van der Waals surface area (Å²) < 4.78 is 0. The van der Waals surface area contributed by atoms with Gasteiger partial charge in [-0.3, -0.25) is 14.7 Å². The van der Waals surface area contributed by atoms with E-state index in [0.29, 0.717) is 25.2 Å². The molecule has 1 aromatic carbocycles. The molecule has 0 aliphatic rings. The highest BCUT2D eigenvalue weighted by Gasteiger charge is 2.12. The molecule has 144 valence electrons. The van der Waals surface area contributed by atoms with Crippen LogP contribution in [0, 0.1) is 0 Å². The summed E-state index contributed by atoms with van der Waals surface area (Å²) in [5.74, 6) is 0.0162. The van der Waals surface area contributed by atoms with Gasteiger partial charge in [-0.2, -0.15) is 0 Å². The third-order valence-electron chi connectivity index (χ3n) is 3.15. The third kappa shape index (κ3) is 10.7. The lowest BCUT2D eigenvalue weighted by molar-refractivity contribution is 0.0908. The Morgan fingerprint density at radius 1 is 1.08 bits per heavy atom. The van der Waals surface area contributed by atoms with Gasteiger partial charge in [0, 0.05) is 37.6 Å². The minimum atomic E-state index is 0.0162. The Morgan fingerprint density at radius 3 is 2.23 bits per heavy atom. The monoisotopic (exact) mass is 361 g/mol. The molecular weight excluding hydrogens is 330 g/mol. The standard InChI is InChI=1S/C16H18N2O2.C2H7NO.C2H6/c19-10-9-18(12-14-5-2-1-3-6-14)13-16(20)15-7-4-8-17-11-15;3-1-2-4;1-2/h1-8,11,19H,9-10,12-13H2;4H,1-3H2;1-2H3. The Morgan fingerprint density at radius 2 is 1.73 bits per heavy atom. The van der Waals surface area contributed by atoms with Crippen LogP contribution in [-0.2, 0) is 6.54 Å². The molecule has 4 N–H and O–H groups in total. The average Bonchev–Trinajstić information content (AvgIpc) is 2.71. The summed E-state index contributed by atoms with van der Waals surface area (Å²) in [6.45, 7) is 5.91. The number of nitrogens with two attached hydrogens (primary N) is 1. The SMILES string of the molecule is CC.NCCO.O=C(CN(CCO)Cc1ccccc1)c1cccnc1. The Balaban J connectivity index is 0.000000920. The van der Waals surface area contributed by atoms with Gasteiger partial charge in [-0.25, -0.2) is 0 Å². The molecule has 0 spiro atoms. The topological polar surface area (TPSA) is 99.7 Å². The molecule has 0 aliphatic heterocycles. The van der Waals surface area contributed by atoms with Crippen molar-refractivity contribution in [3.05, 3.63) is 66.0 Å². The summed E-state index contributed by atoms with van der Waals surface area (Å²) >= 11 is 0. The number of carbonyl (C=O) groups is 1. The molecular formula is C20H31N3O3. The van der Waals surface area contributed by atoms with Crippen LogP contribution in [0.4, 0.5) is 0 Å². The second kappa shape index (κ2) is 16.4. The summed E-state index contributed by atoms with van der Waals surface area (Å²) in [5.41, 5.74) is 6.50. The normalized spacial score (nSPS) is 9.62. The Bertz CT molecular complexity index is 563. The molecule has 0 aliphatic carbocycles. The minimum absolute atomic E-state index is 0.0162. The number of hydrogen-bond donors (Lipinski definition) is 3. The minimum Gasteiger partial charge on any atom is -0.395 e. The molecule has 6 heteroatoms. The second-order valence-corrected chi connectivity index (χ2v) is 5.10. The molecule has 1 aromatic heterocycles. The maximum atomic E-state index is 12.2. The van der Waals surface area contributed by atoms with Gasteiger partial charge in [0.05, 0.1) is 19.8 Å². The highest BCUT2D eigenvalue weighted by Crippen LogP contribution is 2.06. The van der Waals surface area contributed by atoms with Crippen LogP contribution in [-0.4, -0.2) is 58.7 Å². The highest BCUT2D eigenvalue weighted by atomic mass is 16.3. The first-order valence-electron chi connectivity index (χ1n) is 8.82. The summed E-state index contributed by atoms with van der Waals surface area (Å²) in [6, 6.07) is 13.4. The van der Waals surface area contributed by atoms with Crippen molar-refractivity contribution >= 4 is 5.78 Å². The molecule has 26 heavy (non-hydrogen) atoms. The lowest BCUT2D eigenvalue weighted by atomic mass is 10.1. The molecule has 6 nitrogen and oxygen atoms in total. The summed E-state index contributed by atoms with van der Waals surface area (Å²) in [4.78, 5) is 18.0. The fourth-order valence-corrected chi connectivity index (χ4v) is 2.02. The van der Waals surface area contributed by atoms with E-state index in [1.54, 1.807) is 24.5 Å². The molecule has 1 heterocycles. The lowest BCUT2D eigenvalue weighted by Gasteiger charge is -2.20. The molecule has 0 radical (unpaired) electrons. The van der Waals surface area contributed by atoms with Crippen LogP contribution in [0.3, 0.4) is 0 Å². The van der Waals surface area contributed by atoms with Crippen LogP contribution in [0.2, 0.25) is 0 Å². The number of nitrogens with zero attached hydrogens (tertiary/aromatic N) is 2. The Hall–Kier alpha value is -2.12. The van der Waals surface area contributed by atoms with E-state index in [9.17, 15) is 4.79 Å². The zero-order chi connectivity index (χ0) is 19.6. The van der Waals surface area contributed by atoms with Gasteiger partial charge in [0.2, 0.25) is 0 Å². The van der Waals surface area contributed by atoms with Crippen molar-refractivity contribution < 1.29 is 15.0 Å². The van der Waals surface area contributed by atoms with Crippen LogP contribution in [0.1, 0.15) is 29.8 Å². The summed E-state index contributed by atoms with van der Waals surface area (Å²) in [5, 5.41) is 16.9. The summed E-state index contributed by atoms with van der Waals surface area (Å²) in [7, 11) is 0. The second-order valence-electron chi connectivity index (χ2n) is 5.10. The zero-order valence-electron chi connectivity index (χ0n) is 15.7. The van der Waals surface area contributed by atoms with Crippen molar-refractivity contribution in [2.75, 3.05) is 32.8 Å². The van der Waals surface area contributed by atoms with Crippen molar-refractivity contribution in [2.45, 2.75) is 20.4 Å². The van der Waals surface area contributed by atoms with Gasteiger partial charge in [-0.15, -0.1) is 0 Å². The van der Waals surface area contributed by atoms with E-state index >= 15 is 0 Å². The zero-order valence-corrected chi connectivity index (χ0v) is 15.7. The van der Waals surface area contributed by atoms with Gasteiger partial charge in [-0.05, 0) is 17.7 Å². The molecule has 0 saturated carbocycles. The van der Waals surface area contributed by atoms with Crippen molar-refractivity contribution in [3.63, 3.8) is 0 Å². The van der Waals surface area contributed by atoms with Gasteiger partial charge in [0.25, 0.3) is 0 Å². The number of Topliss-reactive ketones (excluding diaryl/α,β-unsaturated/α-hetero) is 1. The van der Waals surface area contributed by atoms with E-state index in [0.717, 1.165) is 5.56 Å². The smallest absolute Gasteiger partial charge is 0.178 e. The number of ketones is 1. The van der Waals surface area contributed by atoms with Gasteiger partial charge in [0.15, 0.2) is 5.78 Å². The van der Waals surface area contributed by atoms with Crippen molar-refractivity contribution in [1.82, 2.24) is 9.88 Å². The van der Waals surface area contributed by atoms with E-state index in [-0.39, 0.29) is 25.5 Å². The van der Waals surface area contributed by atoms with E-state index in [2.05, 4.69) is 4.98 Å². The molecule has 0 atom stereocenters. The van der Waals surface area contributed by atoms with Crippen LogP contribution in [0.15, 0.2) is 54.9 Å². The van der Waals surface area contributed by atoms with Crippen molar-refractivity contribution in [2.24, 2.45) is 5.73 Å². The fraction of sp³-hybridized carbons (Fsp3) is 0.400. The lowest BCUT2D eigenvalue weighted by Crippen LogP contribution is -2.32. The van der Waals surface area contributed by atoms with E-state index in [4.69, 9.17) is 15.9 Å². The van der Waals surface area contributed by atoms with Crippen LogP contribution in [0.5, 0.6) is 0 Å². The number of aliphatic hydroxyl groups excluding tert-OH is 2. The number of benzene rings is 1. The molecule has 0 amide bonds. The first-order valence-corrected chi connectivity index (χ1v) is 8.82. The number of carbonyl (C=O) groups excluding carboxylic acids is 1. The quantitative estimate of drug-likeness (QED) is 0.619. The molecule has 0 unspecified atom stereocenters. The maximum absolute atomic E-state index is 12.2. The molecule has 2 aromatic rings. The predicted molar refractivity (Wildman–Crippen MR) is 105 cm³/mol. The Labute approximate surface area is 156 Å². The predicted octanol–water partition coefficient (Wildman–Crippen LogP) is 1.72. The van der Waals surface area contributed by atoms with E-state index < -0.39 is 0 Å². The van der Waals surface area contributed by atoms with Gasteiger partial charge >= 0.3 is 0 Å². The molecule has 2 rings (SSSR count). The number of rotatable bonds is 8. The molecule has 0 fully saturated rings. The van der Waals surface area contributed by atoms with Gasteiger partial charge in [0.1, 0.15) is 0 Å². The van der Waals surface area contributed by atoms with Gasteiger partial charge < -0.3 is 15.9 Å². The molecule has 0 saturated heterocycles. The third-order valence-corrected chi connectivity index (χ3v) is 3.15. The number of aromatic nitrogens is 1.